The number of hydrogen-bond donors (Lipinski definition) is 0. The minimum Gasteiger partial charge on any atom is -0.339 e. The first-order valence-electron chi connectivity index (χ1n) is 2.39. The third-order valence-corrected chi connectivity index (χ3v) is 1.11. The first-order valence-corrected chi connectivity index (χ1v) is 2.39. The van der Waals surface area contributed by atoms with Crippen LogP contribution in [0.5, 0.6) is 0 Å². The van der Waals surface area contributed by atoms with Gasteiger partial charge in [0.15, 0.2) is 6.34 Å². The summed E-state index contributed by atoms with van der Waals surface area (Å²) in [4.78, 5) is 5.45. The van der Waals surface area contributed by atoms with Crippen LogP contribution in [0.15, 0.2) is 4.99 Å². The van der Waals surface area contributed by atoms with Gasteiger partial charge >= 0.3 is 0 Å². The number of nitrogens with zero attached hydrogens (tertiary/aromatic N) is 3. The zero-order valence-electron chi connectivity index (χ0n) is 4.63. The molecule has 0 amide bonds. The van der Waals surface area contributed by atoms with E-state index in [9.17, 15) is 0 Å². The predicted molar refractivity (Wildman–Crippen MR) is 29.5 cm³/mol. The Morgan fingerprint density at radius 2 is 2.75 bits per heavy atom. The lowest BCUT2D eigenvalue weighted by molar-refractivity contribution is 0.488. The van der Waals surface area contributed by atoms with Gasteiger partial charge in [0.05, 0.1) is 12.6 Å². The molecule has 0 saturated heterocycles. The summed E-state index contributed by atoms with van der Waals surface area (Å²) >= 11 is 0. The normalized spacial score (nSPS) is 26.0. The number of hydrogen-bond acceptors (Lipinski definition) is 3. The van der Waals surface area contributed by atoms with Crippen LogP contribution in [0.4, 0.5) is 0 Å². The molecule has 1 aliphatic rings. The van der Waals surface area contributed by atoms with E-state index < -0.39 is 0 Å². The fraction of sp³-hybridized carbons (Fsp3) is 0.600. The lowest BCUT2D eigenvalue weighted by atomic mass is 10.3. The second-order valence-electron chi connectivity index (χ2n) is 1.70. The van der Waals surface area contributed by atoms with Gasteiger partial charge in [-0.05, 0) is 0 Å². The highest BCUT2D eigenvalue weighted by Gasteiger charge is 2.14. The van der Waals surface area contributed by atoms with Crippen LogP contribution in [0.3, 0.4) is 0 Å². The summed E-state index contributed by atoms with van der Waals surface area (Å²) in [5.74, 6) is 0. The minimum atomic E-state index is -0.0741. The quantitative estimate of drug-likeness (QED) is 0.428. The van der Waals surface area contributed by atoms with Gasteiger partial charge in [-0.2, -0.15) is 5.26 Å². The SMILES string of the molecule is CN1[C]=NCC1C#N. The molecular formula is C5H6N3. The van der Waals surface area contributed by atoms with E-state index in [4.69, 9.17) is 5.26 Å². The van der Waals surface area contributed by atoms with Crippen molar-refractivity contribution in [1.82, 2.24) is 4.90 Å². The molecule has 0 bridgehead atoms. The Hall–Kier alpha value is -1.04. The second-order valence-corrected chi connectivity index (χ2v) is 1.70. The van der Waals surface area contributed by atoms with E-state index in [2.05, 4.69) is 17.4 Å². The Morgan fingerprint density at radius 3 is 3.00 bits per heavy atom. The van der Waals surface area contributed by atoms with Crippen LogP contribution in [-0.4, -0.2) is 30.9 Å². The average molecular weight is 108 g/mol. The molecular weight excluding hydrogens is 102 g/mol. The topological polar surface area (TPSA) is 39.4 Å². The zero-order valence-corrected chi connectivity index (χ0v) is 4.63. The highest BCUT2D eigenvalue weighted by molar-refractivity contribution is 5.58. The van der Waals surface area contributed by atoms with Crippen LogP contribution in [0.2, 0.25) is 0 Å². The van der Waals surface area contributed by atoms with Crippen LogP contribution in [0, 0.1) is 11.3 Å². The van der Waals surface area contributed by atoms with Gasteiger partial charge < -0.3 is 4.90 Å². The maximum Gasteiger partial charge on any atom is 0.167 e. The molecule has 3 nitrogen and oxygen atoms in total. The highest BCUT2D eigenvalue weighted by Crippen LogP contribution is 1.98. The summed E-state index contributed by atoms with van der Waals surface area (Å²) in [6.07, 6.45) is 2.66. The first-order chi connectivity index (χ1) is 3.84. The monoisotopic (exact) mass is 108 g/mol. The molecule has 0 fully saturated rings. The molecule has 1 heterocycles. The van der Waals surface area contributed by atoms with E-state index in [0.717, 1.165) is 0 Å². The van der Waals surface area contributed by atoms with Gasteiger partial charge in [0.25, 0.3) is 0 Å². The standard InChI is InChI=1S/C5H6N3/c1-8-4-7-3-5(8)2-6/h5H,3H2,1H3. The molecule has 0 aromatic heterocycles. The maximum atomic E-state index is 8.34. The summed E-state index contributed by atoms with van der Waals surface area (Å²) in [5, 5.41) is 8.34. The van der Waals surface area contributed by atoms with Crippen LogP contribution in [-0.2, 0) is 0 Å². The Morgan fingerprint density at radius 1 is 2.00 bits per heavy atom. The van der Waals surface area contributed by atoms with Crippen molar-refractivity contribution < 1.29 is 0 Å². The molecule has 1 radical (unpaired) electrons. The lowest BCUT2D eigenvalue weighted by Gasteiger charge is -2.07. The van der Waals surface area contributed by atoms with Gasteiger partial charge in [0.2, 0.25) is 0 Å². The molecule has 0 aliphatic carbocycles. The molecule has 1 aliphatic heterocycles. The van der Waals surface area contributed by atoms with Gasteiger partial charge in [-0.25, -0.2) is 0 Å². The summed E-state index contributed by atoms with van der Waals surface area (Å²) in [6, 6.07) is 2.01. The van der Waals surface area contributed by atoms with Crippen molar-refractivity contribution in [2.24, 2.45) is 4.99 Å². The third kappa shape index (κ3) is 0.648. The molecule has 0 N–H and O–H groups in total. The van der Waals surface area contributed by atoms with Crippen molar-refractivity contribution >= 4 is 6.34 Å². The van der Waals surface area contributed by atoms with Crippen molar-refractivity contribution in [2.75, 3.05) is 13.6 Å². The fourth-order valence-electron chi connectivity index (χ4n) is 0.558. The number of likely N-dealkylation sites (N-methyl/N-ethyl adjacent to an activating group) is 1. The van der Waals surface area contributed by atoms with E-state index in [1.165, 1.54) is 0 Å². The van der Waals surface area contributed by atoms with Gasteiger partial charge in [0, 0.05) is 7.05 Å². The molecule has 0 saturated carbocycles. The highest BCUT2D eigenvalue weighted by atomic mass is 15.2. The Bertz CT molecular complexity index is 144. The predicted octanol–water partition coefficient (Wildman–Crippen LogP) is -0.271. The molecule has 41 valence electrons. The van der Waals surface area contributed by atoms with Crippen molar-refractivity contribution in [2.45, 2.75) is 6.04 Å². The zero-order chi connectivity index (χ0) is 5.98. The lowest BCUT2D eigenvalue weighted by Crippen LogP contribution is -2.25. The van der Waals surface area contributed by atoms with Gasteiger partial charge in [0.1, 0.15) is 6.04 Å². The molecule has 1 atom stereocenters. The Balaban J connectivity index is 2.54. The number of nitriles is 1. The van der Waals surface area contributed by atoms with Crippen molar-refractivity contribution in [3.05, 3.63) is 0 Å². The van der Waals surface area contributed by atoms with Crippen molar-refractivity contribution in [3.63, 3.8) is 0 Å². The minimum absolute atomic E-state index is 0.0741. The van der Waals surface area contributed by atoms with Crippen molar-refractivity contribution in [3.8, 4) is 6.07 Å². The Kier molecular flexibility index (Phi) is 1.17. The average Bonchev–Trinajstić information content (AvgIpc) is 2.14. The van der Waals surface area contributed by atoms with E-state index >= 15 is 0 Å². The van der Waals surface area contributed by atoms with Crippen LogP contribution >= 0.6 is 0 Å². The number of rotatable bonds is 0. The van der Waals surface area contributed by atoms with E-state index in [1.807, 2.05) is 0 Å². The summed E-state index contributed by atoms with van der Waals surface area (Å²) in [7, 11) is 1.80. The van der Waals surface area contributed by atoms with Crippen LogP contribution in [0.1, 0.15) is 0 Å². The summed E-state index contributed by atoms with van der Waals surface area (Å²) < 4.78 is 0. The van der Waals surface area contributed by atoms with Crippen LogP contribution < -0.4 is 0 Å². The summed E-state index contributed by atoms with van der Waals surface area (Å²) in [6.45, 7) is 0.576. The molecule has 1 unspecified atom stereocenters. The smallest absolute Gasteiger partial charge is 0.167 e. The maximum absolute atomic E-state index is 8.34. The van der Waals surface area contributed by atoms with Gasteiger partial charge in [-0.3, -0.25) is 4.99 Å². The fourth-order valence-corrected chi connectivity index (χ4v) is 0.558. The summed E-state index contributed by atoms with van der Waals surface area (Å²) in [5.41, 5.74) is 0. The molecule has 0 aromatic rings. The van der Waals surface area contributed by atoms with Gasteiger partial charge in [-0.15, -0.1) is 0 Å². The van der Waals surface area contributed by atoms with E-state index in [1.54, 1.807) is 11.9 Å². The van der Waals surface area contributed by atoms with E-state index in [0.29, 0.717) is 6.54 Å². The first kappa shape index (κ1) is 5.10. The molecule has 3 heteroatoms. The third-order valence-electron chi connectivity index (χ3n) is 1.11. The second kappa shape index (κ2) is 1.83. The Labute approximate surface area is 48.2 Å². The largest absolute Gasteiger partial charge is 0.339 e. The molecule has 0 aromatic carbocycles. The molecule has 1 rings (SSSR count). The van der Waals surface area contributed by atoms with Crippen LogP contribution in [0.25, 0.3) is 0 Å². The molecule has 0 spiro atoms. The van der Waals surface area contributed by atoms with E-state index in [-0.39, 0.29) is 6.04 Å². The number of aliphatic imine (C=N–C) groups is 1. The molecule has 8 heavy (non-hydrogen) atoms. The van der Waals surface area contributed by atoms with Gasteiger partial charge in [-0.1, -0.05) is 0 Å². The van der Waals surface area contributed by atoms with Crippen molar-refractivity contribution in [1.29, 1.82) is 5.26 Å².